The summed E-state index contributed by atoms with van der Waals surface area (Å²) in [5.74, 6) is 0. The molecule has 2 N–H and O–H groups in total. The standard InChI is InChI=1S/C10H17F3N2O/c1-2-3-4-9(10(11,12)13)7-15-8-16-6-5-14/h4,7H,2-3,5-6,8,14H2,1H3/b9-4+,15-7-. The van der Waals surface area contributed by atoms with Crippen molar-refractivity contribution < 1.29 is 17.9 Å². The molecule has 0 rings (SSSR count). The van der Waals surface area contributed by atoms with E-state index in [1.165, 1.54) is 0 Å². The second kappa shape index (κ2) is 8.29. The number of nitrogens with zero attached hydrogens (tertiary/aromatic N) is 1. The van der Waals surface area contributed by atoms with Crippen molar-refractivity contribution >= 4 is 6.21 Å². The fourth-order valence-corrected chi connectivity index (χ4v) is 0.878. The lowest BCUT2D eigenvalue weighted by atomic mass is 10.2. The third kappa shape index (κ3) is 7.42. The summed E-state index contributed by atoms with van der Waals surface area (Å²) in [5, 5.41) is 0. The molecule has 0 radical (unpaired) electrons. The Bertz CT molecular complexity index is 237. The molecular formula is C10H17F3N2O. The van der Waals surface area contributed by atoms with Crippen LogP contribution in [0.3, 0.4) is 0 Å². The molecule has 16 heavy (non-hydrogen) atoms. The van der Waals surface area contributed by atoms with E-state index in [0.29, 0.717) is 19.4 Å². The fourth-order valence-electron chi connectivity index (χ4n) is 0.878. The monoisotopic (exact) mass is 238 g/mol. The number of aliphatic imine (C=N–C) groups is 1. The first kappa shape index (κ1) is 15.1. The van der Waals surface area contributed by atoms with Crippen LogP contribution in [0.15, 0.2) is 16.6 Å². The maximum absolute atomic E-state index is 12.4. The van der Waals surface area contributed by atoms with Crippen molar-refractivity contribution in [1.29, 1.82) is 0 Å². The molecule has 0 bridgehead atoms. The number of hydrogen-bond donors (Lipinski definition) is 1. The predicted octanol–water partition coefficient (Wildman–Crippen LogP) is 2.28. The molecule has 0 aliphatic carbocycles. The van der Waals surface area contributed by atoms with E-state index in [0.717, 1.165) is 12.3 Å². The molecule has 0 fully saturated rings. The van der Waals surface area contributed by atoms with Crippen molar-refractivity contribution in [2.45, 2.75) is 25.9 Å². The Labute approximate surface area is 93.2 Å². The van der Waals surface area contributed by atoms with Crippen LogP contribution in [0, 0.1) is 0 Å². The lowest BCUT2D eigenvalue weighted by molar-refractivity contribution is -0.0858. The summed E-state index contributed by atoms with van der Waals surface area (Å²) in [5.41, 5.74) is 4.41. The van der Waals surface area contributed by atoms with Gasteiger partial charge in [0.1, 0.15) is 6.73 Å². The highest BCUT2D eigenvalue weighted by Crippen LogP contribution is 2.24. The molecule has 0 aromatic heterocycles. The van der Waals surface area contributed by atoms with Crippen LogP contribution in [0.2, 0.25) is 0 Å². The SMILES string of the molecule is CCC/C=C(\C=N/COCCN)C(F)(F)F. The normalized spacial score (nSPS) is 13.7. The Kier molecular flexibility index (Phi) is 7.84. The summed E-state index contributed by atoms with van der Waals surface area (Å²) < 4.78 is 42.0. The van der Waals surface area contributed by atoms with Crippen LogP contribution >= 0.6 is 0 Å². The van der Waals surface area contributed by atoms with E-state index in [1.54, 1.807) is 0 Å². The van der Waals surface area contributed by atoms with E-state index in [-0.39, 0.29) is 13.3 Å². The van der Waals surface area contributed by atoms with Crippen molar-refractivity contribution in [3.05, 3.63) is 11.6 Å². The zero-order chi connectivity index (χ0) is 12.4. The fraction of sp³-hybridized carbons (Fsp3) is 0.700. The van der Waals surface area contributed by atoms with Crippen LogP contribution in [0.25, 0.3) is 0 Å². The summed E-state index contributed by atoms with van der Waals surface area (Å²) in [6.07, 6.45) is -1.38. The van der Waals surface area contributed by atoms with Gasteiger partial charge in [0.25, 0.3) is 0 Å². The number of rotatable bonds is 7. The van der Waals surface area contributed by atoms with E-state index < -0.39 is 11.7 Å². The first-order chi connectivity index (χ1) is 7.52. The van der Waals surface area contributed by atoms with Gasteiger partial charge in [0.2, 0.25) is 0 Å². The number of halogens is 3. The molecule has 0 atom stereocenters. The number of alkyl halides is 3. The van der Waals surface area contributed by atoms with Gasteiger partial charge in [-0.25, -0.2) is 0 Å². The molecular weight excluding hydrogens is 221 g/mol. The van der Waals surface area contributed by atoms with E-state index in [4.69, 9.17) is 10.5 Å². The molecule has 0 aliphatic heterocycles. The van der Waals surface area contributed by atoms with Gasteiger partial charge in [-0.3, -0.25) is 4.99 Å². The third-order valence-electron chi connectivity index (χ3n) is 1.64. The predicted molar refractivity (Wildman–Crippen MR) is 57.4 cm³/mol. The van der Waals surface area contributed by atoms with Crippen molar-refractivity contribution in [3.8, 4) is 0 Å². The van der Waals surface area contributed by atoms with Crippen LogP contribution in [0.1, 0.15) is 19.8 Å². The molecule has 94 valence electrons. The molecule has 0 aromatic rings. The number of nitrogens with two attached hydrogens (primary N) is 1. The van der Waals surface area contributed by atoms with Gasteiger partial charge in [-0.1, -0.05) is 19.4 Å². The van der Waals surface area contributed by atoms with Gasteiger partial charge in [0.05, 0.1) is 12.2 Å². The van der Waals surface area contributed by atoms with Crippen molar-refractivity contribution in [1.82, 2.24) is 0 Å². The van der Waals surface area contributed by atoms with E-state index >= 15 is 0 Å². The molecule has 0 spiro atoms. The summed E-state index contributed by atoms with van der Waals surface area (Å²) in [6, 6.07) is 0. The first-order valence-corrected chi connectivity index (χ1v) is 5.07. The summed E-state index contributed by atoms with van der Waals surface area (Å²) >= 11 is 0. The maximum atomic E-state index is 12.4. The highest BCUT2D eigenvalue weighted by Gasteiger charge is 2.31. The minimum Gasteiger partial charge on any atom is -0.358 e. The largest absolute Gasteiger partial charge is 0.417 e. The Morgan fingerprint density at radius 3 is 2.62 bits per heavy atom. The van der Waals surface area contributed by atoms with Crippen LogP contribution < -0.4 is 5.73 Å². The highest BCUT2D eigenvalue weighted by molar-refractivity contribution is 5.80. The lowest BCUT2D eigenvalue weighted by Gasteiger charge is -2.06. The van der Waals surface area contributed by atoms with E-state index in [9.17, 15) is 13.2 Å². The Morgan fingerprint density at radius 1 is 1.44 bits per heavy atom. The van der Waals surface area contributed by atoms with Gasteiger partial charge in [-0.15, -0.1) is 0 Å². The zero-order valence-corrected chi connectivity index (χ0v) is 9.26. The number of ether oxygens (including phenoxy) is 1. The Hall–Kier alpha value is -0.880. The molecule has 0 aromatic carbocycles. The molecule has 0 amide bonds. The summed E-state index contributed by atoms with van der Waals surface area (Å²) in [6.45, 7) is 2.33. The highest BCUT2D eigenvalue weighted by atomic mass is 19.4. The summed E-state index contributed by atoms with van der Waals surface area (Å²) in [7, 11) is 0. The van der Waals surface area contributed by atoms with Gasteiger partial charge in [-0.05, 0) is 6.42 Å². The van der Waals surface area contributed by atoms with Crippen LogP contribution in [-0.4, -0.2) is 32.3 Å². The van der Waals surface area contributed by atoms with Crippen LogP contribution in [0.4, 0.5) is 13.2 Å². The maximum Gasteiger partial charge on any atom is 0.417 e. The second-order valence-corrected chi connectivity index (χ2v) is 3.08. The first-order valence-electron chi connectivity index (χ1n) is 5.07. The summed E-state index contributed by atoms with van der Waals surface area (Å²) in [4.78, 5) is 3.54. The van der Waals surface area contributed by atoms with Crippen molar-refractivity contribution in [2.24, 2.45) is 10.7 Å². The molecule has 0 heterocycles. The van der Waals surface area contributed by atoms with E-state index in [1.807, 2.05) is 6.92 Å². The number of hydrogen-bond acceptors (Lipinski definition) is 3. The smallest absolute Gasteiger partial charge is 0.358 e. The topological polar surface area (TPSA) is 47.6 Å². The van der Waals surface area contributed by atoms with Crippen molar-refractivity contribution in [3.63, 3.8) is 0 Å². The lowest BCUT2D eigenvalue weighted by Crippen LogP contribution is -2.14. The van der Waals surface area contributed by atoms with Gasteiger partial charge >= 0.3 is 6.18 Å². The van der Waals surface area contributed by atoms with Crippen LogP contribution in [-0.2, 0) is 4.74 Å². The van der Waals surface area contributed by atoms with Gasteiger partial charge in [-0.2, -0.15) is 13.2 Å². The molecule has 0 saturated heterocycles. The van der Waals surface area contributed by atoms with E-state index in [2.05, 4.69) is 4.99 Å². The average molecular weight is 238 g/mol. The zero-order valence-electron chi connectivity index (χ0n) is 9.26. The van der Waals surface area contributed by atoms with Gasteiger partial charge < -0.3 is 10.5 Å². The average Bonchev–Trinajstić information content (AvgIpc) is 2.20. The quantitative estimate of drug-likeness (QED) is 0.546. The molecule has 0 aliphatic rings. The Morgan fingerprint density at radius 2 is 2.12 bits per heavy atom. The van der Waals surface area contributed by atoms with Crippen molar-refractivity contribution in [2.75, 3.05) is 19.9 Å². The molecule has 0 unspecified atom stereocenters. The number of unbranched alkanes of at least 4 members (excludes halogenated alkanes) is 1. The Balaban J connectivity index is 4.22. The molecule has 3 nitrogen and oxygen atoms in total. The van der Waals surface area contributed by atoms with Gasteiger partial charge in [0.15, 0.2) is 0 Å². The number of allylic oxidation sites excluding steroid dienone is 2. The second-order valence-electron chi connectivity index (χ2n) is 3.08. The minimum atomic E-state index is -4.35. The van der Waals surface area contributed by atoms with Gasteiger partial charge in [0, 0.05) is 12.8 Å². The molecule has 0 saturated carbocycles. The minimum absolute atomic E-state index is 0.100. The van der Waals surface area contributed by atoms with Crippen LogP contribution in [0.5, 0.6) is 0 Å². The third-order valence-corrected chi connectivity index (χ3v) is 1.64. The molecule has 6 heteroatoms.